The Balaban J connectivity index is 2.03. The quantitative estimate of drug-likeness (QED) is 0.875. The molecule has 1 amide bonds. The fourth-order valence-electron chi connectivity index (χ4n) is 2.33. The summed E-state index contributed by atoms with van der Waals surface area (Å²) in [7, 11) is -0.712. The molecule has 0 aromatic carbocycles. The molecule has 0 unspecified atom stereocenters. The lowest BCUT2D eigenvalue weighted by atomic mass is 10.1. The Morgan fingerprint density at radius 2 is 2.15 bits per heavy atom. The van der Waals surface area contributed by atoms with Crippen LogP contribution in [0.4, 0.5) is 5.82 Å². The maximum Gasteiger partial charge on any atom is 0.251 e. The van der Waals surface area contributed by atoms with Gasteiger partial charge in [0, 0.05) is 39.6 Å². The molecule has 0 bridgehead atoms. The highest BCUT2D eigenvalue weighted by molar-refractivity contribution is 7.85. The van der Waals surface area contributed by atoms with E-state index in [2.05, 4.69) is 17.2 Å². The number of aromatic nitrogens is 1. The number of aryl methyl sites for hydroxylation is 1. The van der Waals surface area contributed by atoms with E-state index >= 15 is 0 Å². The first-order valence-electron chi connectivity index (χ1n) is 7.00. The number of nitrogens with two attached hydrogens (primary N) is 1. The molecule has 20 heavy (non-hydrogen) atoms. The third kappa shape index (κ3) is 4.03. The van der Waals surface area contributed by atoms with Gasteiger partial charge in [-0.15, -0.1) is 0 Å². The molecular weight excluding hydrogens is 274 g/mol. The van der Waals surface area contributed by atoms with Crippen molar-refractivity contribution in [1.29, 1.82) is 0 Å². The minimum Gasteiger partial charge on any atom is -0.384 e. The van der Waals surface area contributed by atoms with E-state index in [1.165, 1.54) is 0 Å². The van der Waals surface area contributed by atoms with Gasteiger partial charge in [-0.3, -0.25) is 9.00 Å². The summed E-state index contributed by atoms with van der Waals surface area (Å²) in [6.07, 6.45) is 3.33. The molecule has 0 spiro atoms. The summed E-state index contributed by atoms with van der Waals surface area (Å²) in [6, 6.07) is 3.52. The largest absolute Gasteiger partial charge is 0.384 e. The molecule has 0 aliphatic carbocycles. The lowest BCUT2D eigenvalue weighted by Crippen LogP contribution is -2.39. The average Bonchev–Trinajstić information content (AvgIpc) is 2.41. The number of nitrogens with zero attached hydrogens (tertiary/aromatic N) is 1. The van der Waals surface area contributed by atoms with E-state index in [0.29, 0.717) is 22.9 Å². The van der Waals surface area contributed by atoms with E-state index in [1.807, 2.05) is 0 Å². The van der Waals surface area contributed by atoms with Gasteiger partial charge < -0.3 is 11.1 Å². The van der Waals surface area contributed by atoms with E-state index in [4.69, 9.17) is 5.73 Å². The zero-order valence-electron chi connectivity index (χ0n) is 11.7. The molecule has 1 aromatic heterocycles. The molecule has 1 fully saturated rings. The number of anilines is 1. The number of pyridine rings is 1. The van der Waals surface area contributed by atoms with Crippen molar-refractivity contribution in [3.63, 3.8) is 0 Å². The van der Waals surface area contributed by atoms with Crippen LogP contribution in [0.1, 0.15) is 42.2 Å². The van der Waals surface area contributed by atoms with Gasteiger partial charge in [0.25, 0.3) is 5.91 Å². The normalized spacial score (nSPS) is 22.4. The molecule has 1 saturated heterocycles. The first-order chi connectivity index (χ1) is 9.58. The van der Waals surface area contributed by atoms with Gasteiger partial charge in [0.1, 0.15) is 5.82 Å². The highest BCUT2D eigenvalue weighted by atomic mass is 32.2. The fraction of sp³-hybridized carbons (Fsp3) is 0.571. The lowest BCUT2D eigenvalue weighted by molar-refractivity contribution is 0.0934. The number of hydrogen-bond acceptors (Lipinski definition) is 4. The molecule has 2 heterocycles. The summed E-state index contributed by atoms with van der Waals surface area (Å²) in [4.78, 5) is 16.5. The zero-order chi connectivity index (χ0) is 14.5. The van der Waals surface area contributed by atoms with Crippen LogP contribution in [-0.4, -0.2) is 32.6 Å². The number of carbonyl (C=O) groups excluding carboxylic acids is 1. The van der Waals surface area contributed by atoms with Crippen LogP contribution >= 0.6 is 0 Å². The smallest absolute Gasteiger partial charge is 0.251 e. The summed E-state index contributed by atoms with van der Waals surface area (Å²) in [5, 5.41) is 3.00. The number of rotatable bonds is 4. The molecule has 0 saturated carbocycles. The molecule has 1 aliphatic heterocycles. The molecule has 110 valence electrons. The summed E-state index contributed by atoms with van der Waals surface area (Å²) in [5.41, 5.74) is 7.16. The third-order valence-corrected chi connectivity index (χ3v) is 4.77. The van der Waals surface area contributed by atoms with Crippen molar-refractivity contribution in [3.8, 4) is 0 Å². The van der Waals surface area contributed by atoms with Crippen LogP contribution in [0, 0.1) is 0 Å². The summed E-state index contributed by atoms with van der Waals surface area (Å²) < 4.78 is 11.3. The summed E-state index contributed by atoms with van der Waals surface area (Å²) in [6.45, 7) is 2.06. The van der Waals surface area contributed by atoms with Gasteiger partial charge >= 0.3 is 0 Å². The van der Waals surface area contributed by atoms with E-state index in [1.54, 1.807) is 12.1 Å². The van der Waals surface area contributed by atoms with Crippen LogP contribution in [0.15, 0.2) is 12.1 Å². The maximum atomic E-state index is 12.2. The van der Waals surface area contributed by atoms with Crippen molar-refractivity contribution >= 4 is 22.5 Å². The van der Waals surface area contributed by atoms with Crippen molar-refractivity contribution in [2.45, 2.75) is 38.6 Å². The fourth-order valence-corrected chi connectivity index (χ4v) is 3.63. The van der Waals surface area contributed by atoms with Gasteiger partial charge in [0.15, 0.2) is 0 Å². The Labute approximate surface area is 121 Å². The second-order valence-corrected chi connectivity index (χ2v) is 6.81. The van der Waals surface area contributed by atoms with Gasteiger partial charge in [0.2, 0.25) is 0 Å². The Bertz CT molecular complexity index is 509. The number of nitrogens with one attached hydrogen (secondary N) is 1. The minimum atomic E-state index is -0.712. The first-order valence-corrected chi connectivity index (χ1v) is 8.49. The summed E-state index contributed by atoms with van der Waals surface area (Å²) in [5.74, 6) is 1.61. The lowest BCUT2D eigenvalue weighted by Gasteiger charge is -2.22. The van der Waals surface area contributed by atoms with Crippen LogP contribution < -0.4 is 11.1 Å². The van der Waals surface area contributed by atoms with E-state index < -0.39 is 10.8 Å². The summed E-state index contributed by atoms with van der Waals surface area (Å²) >= 11 is 0. The minimum absolute atomic E-state index is 0.115. The highest BCUT2D eigenvalue weighted by Gasteiger charge is 2.20. The van der Waals surface area contributed by atoms with Crippen molar-refractivity contribution in [1.82, 2.24) is 10.3 Å². The Morgan fingerprint density at radius 1 is 1.45 bits per heavy atom. The molecule has 3 N–H and O–H groups in total. The predicted octanol–water partition coefficient (Wildman–Crippen LogP) is 1.26. The average molecular weight is 295 g/mol. The van der Waals surface area contributed by atoms with Crippen molar-refractivity contribution in [2.24, 2.45) is 0 Å². The molecule has 1 aromatic rings. The van der Waals surface area contributed by atoms with Gasteiger partial charge in [-0.25, -0.2) is 4.98 Å². The predicted molar refractivity (Wildman–Crippen MR) is 81.0 cm³/mol. The van der Waals surface area contributed by atoms with Gasteiger partial charge in [-0.2, -0.15) is 0 Å². The maximum absolute atomic E-state index is 12.2. The van der Waals surface area contributed by atoms with Crippen molar-refractivity contribution < 1.29 is 9.00 Å². The molecule has 5 nitrogen and oxygen atoms in total. The number of hydrogen-bond donors (Lipinski definition) is 2. The number of amides is 1. The second-order valence-electron chi connectivity index (χ2n) is 5.12. The van der Waals surface area contributed by atoms with Crippen molar-refractivity contribution in [2.75, 3.05) is 17.2 Å². The zero-order valence-corrected chi connectivity index (χ0v) is 12.5. The van der Waals surface area contributed by atoms with Gasteiger partial charge in [-0.1, -0.05) is 13.3 Å². The van der Waals surface area contributed by atoms with E-state index in [-0.39, 0.29) is 11.9 Å². The molecule has 0 atom stereocenters. The van der Waals surface area contributed by atoms with Crippen molar-refractivity contribution in [3.05, 3.63) is 23.4 Å². The van der Waals surface area contributed by atoms with Gasteiger partial charge in [0.05, 0.1) is 0 Å². The van der Waals surface area contributed by atoms with Crippen LogP contribution in [0.5, 0.6) is 0 Å². The SMILES string of the molecule is CCCc1cc(C(=O)NC2CCS(=O)CC2)cc(N)n1. The van der Waals surface area contributed by atoms with Crippen LogP contribution in [-0.2, 0) is 17.2 Å². The monoisotopic (exact) mass is 295 g/mol. The standard InChI is InChI=1S/C14H21N3O2S/c1-2-3-12-8-10(9-13(15)16-12)14(18)17-11-4-6-20(19)7-5-11/h8-9,11H,2-7H2,1H3,(H2,15,16)(H,17,18). The Hall–Kier alpha value is -1.43. The first kappa shape index (κ1) is 15.0. The molecular formula is C14H21N3O2S. The second kappa shape index (κ2) is 6.83. The van der Waals surface area contributed by atoms with Crippen LogP contribution in [0.3, 0.4) is 0 Å². The van der Waals surface area contributed by atoms with Crippen LogP contribution in [0.25, 0.3) is 0 Å². The number of carbonyl (C=O) groups is 1. The van der Waals surface area contributed by atoms with E-state index in [9.17, 15) is 9.00 Å². The molecule has 1 aliphatic rings. The number of nitrogen functional groups attached to an aromatic ring is 1. The van der Waals surface area contributed by atoms with E-state index in [0.717, 1.165) is 31.4 Å². The molecule has 0 radical (unpaired) electrons. The topological polar surface area (TPSA) is 85.1 Å². The molecule has 6 heteroatoms. The third-order valence-electron chi connectivity index (χ3n) is 3.39. The highest BCUT2D eigenvalue weighted by Crippen LogP contribution is 2.13. The Morgan fingerprint density at radius 3 is 2.80 bits per heavy atom. The van der Waals surface area contributed by atoms with Crippen LogP contribution in [0.2, 0.25) is 0 Å². The van der Waals surface area contributed by atoms with Gasteiger partial charge in [-0.05, 0) is 31.4 Å². The molecule has 2 rings (SSSR count). The Kier molecular flexibility index (Phi) is 5.11.